The molecule has 0 radical (unpaired) electrons. The topological polar surface area (TPSA) is 29.1 Å². The van der Waals surface area contributed by atoms with E-state index in [0.29, 0.717) is 6.42 Å². The van der Waals surface area contributed by atoms with Gasteiger partial charge < -0.3 is 5.32 Å². The third-order valence-electron chi connectivity index (χ3n) is 3.60. The molecule has 25 heavy (non-hydrogen) atoms. The highest BCUT2D eigenvalue weighted by atomic mass is 32.1. The number of carbonyl (C=O) groups excluding carboxylic acids is 1. The minimum atomic E-state index is -4.54. The smallest absolute Gasteiger partial charge is 0.352 e. The molecule has 0 unspecified atom stereocenters. The molecule has 3 rings (SSSR count). The van der Waals surface area contributed by atoms with E-state index in [1.165, 1.54) is 18.2 Å². The summed E-state index contributed by atoms with van der Waals surface area (Å²) in [5.41, 5.74) is -0.104. The molecule has 0 aliphatic heterocycles. The number of hydrogen-bond donors (Lipinski definition) is 1. The molecule has 0 spiro atoms. The Bertz CT molecular complexity index is 853. The lowest BCUT2D eigenvalue weighted by molar-refractivity contribution is -0.137. The fourth-order valence-corrected chi connectivity index (χ4v) is 4.13. The Morgan fingerprint density at radius 3 is 2.60 bits per heavy atom. The quantitative estimate of drug-likeness (QED) is 0.624. The summed E-state index contributed by atoms with van der Waals surface area (Å²) in [6.07, 6.45) is -3.97. The lowest BCUT2D eigenvalue weighted by atomic mass is 10.1. The summed E-state index contributed by atoms with van der Waals surface area (Å²) in [5.74, 6) is -0.706. The van der Waals surface area contributed by atoms with Crippen LogP contribution in [-0.4, -0.2) is 12.5 Å². The zero-order valence-electron chi connectivity index (χ0n) is 13.0. The molecule has 0 saturated heterocycles. The van der Waals surface area contributed by atoms with E-state index in [2.05, 4.69) is 10.7 Å². The van der Waals surface area contributed by atoms with Gasteiger partial charge in [0.25, 0.3) is 5.91 Å². The molecule has 1 aromatic carbocycles. The van der Waals surface area contributed by atoms with Crippen molar-refractivity contribution in [3.8, 4) is 10.4 Å². The van der Waals surface area contributed by atoms with E-state index in [0.717, 1.165) is 21.4 Å². The largest absolute Gasteiger partial charge is 0.417 e. The molecular weight excluding hydrogens is 367 g/mol. The zero-order valence-corrected chi connectivity index (χ0v) is 14.6. The molecule has 3 aromatic rings. The number of carbonyl (C=O) groups is 1. The Kier molecular flexibility index (Phi) is 5.24. The van der Waals surface area contributed by atoms with E-state index in [1.54, 1.807) is 22.7 Å². The Morgan fingerprint density at radius 1 is 1.08 bits per heavy atom. The van der Waals surface area contributed by atoms with Gasteiger partial charge in [-0.1, -0.05) is 12.1 Å². The van der Waals surface area contributed by atoms with Gasteiger partial charge in [0.05, 0.1) is 11.1 Å². The van der Waals surface area contributed by atoms with E-state index in [9.17, 15) is 18.0 Å². The Labute approximate surface area is 150 Å². The van der Waals surface area contributed by atoms with Crippen molar-refractivity contribution < 1.29 is 18.0 Å². The molecule has 2 nitrogen and oxygen atoms in total. The van der Waals surface area contributed by atoms with Crippen LogP contribution in [0.15, 0.2) is 53.2 Å². The minimum absolute atomic E-state index is 0.286. The van der Waals surface area contributed by atoms with Crippen LogP contribution < -0.4 is 5.32 Å². The van der Waals surface area contributed by atoms with Crippen LogP contribution in [0.2, 0.25) is 0 Å². The van der Waals surface area contributed by atoms with Gasteiger partial charge in [0.15, 0.2) is 0 Å². The molecule has 130 valence electrons. The molecule has 2 heterocycles. The van der Waals surface area contributed by atoms with Crippen molar-refractivity contribution in [1.82, 2.24) is 5.32 Å². The SMILES string of the molecule is O=C(NCCc1ccc(-c2ccsc2)s1)c1ccccc1C(F)(F)F. The van der Waals surface area contributed by atoms with Crippen LogP contribution in [0.5, 0.6) is 0 Å². The van der Waals surface area contributed by atoms with E-state index in [-0.39, 0.29) is 12.1 Å². The van der Waals surface area contributed by atoms with Gasteiger partial charge in [-0.2, -0.15) is 24.5 Å². The van der Waals surface area contributed by atoms with Gasteiger partial charge >= 0.3 is 6.18 Å². The summed E-state index contributed by atoms with van der Waals surface area (Å²) in [5, 5.41) is 6.64. The van der Waals surface area contributed by atoms with Crippen LogP contribution in [0.1, 0.15) is 20.8 Å². The van der Waals surface area contributed by atoms with Gasteiger partial charge in [-0.15, -0.1) is 11.3 Å². The lowest BCUT2D eigenvalue weighted by Gasteiger charge is -2.12. The van der Waals surface area contributed by atoms with Gasteiger partial charge in [-0.25, -0.2) is 0 Å². The maximum atomic E-state index is 13.0. The monoisotopic (exact) mass is 381 g/mol. The van der Waals surface area contributed by atoms with E-state index in [4.69, 9.17) is 0 Å². The molecule has 7 heteroatoms. The van der Waals surface area contributed by atoms with Crippen LogP contribution >= 0.6 is 22.7 Å². The molecular formula is C18H14F3NOS2. The molecule has 0 fully saturated rings. The van der Waals surface area contributed by atoms with Gasteiger partial charge in [0.1, 0.15) is 0 Å². The Morgan fingerprint density at radius 2 is 1.88 bits per heavy atom. The predicted molar refractivity (Wildman–Crippen MR) is 95.1 cm³/mol. The molecule has 2 aromatic heterocycles. The Balaban J connectivity index is 1.61. The third-order valence-corrected chi connectivity index (χ3v) is 5.48. The molecule has 1 N–H and O–H groups in total. The van der Waals surface area contributed by atoms with Gasteiger partial charge in [-0.05, 0) is 47.5 Å². The second kappa shape index (κ2) is 7.41. The van der Waals surface area contributed by atoms with Crippen molar-refractivity contribution in [3.63, 3.8) is 0 Å². The van der Waals surface area contributed by atoms with Crippen LogP contribution in [0.4, 0.5) is 13.2 Å². The first-order chi connectivity index (χ1) is 11.9. The van der Waals surface area contributed by atoms with Crippen molar-refractivity contribution >= 4 is 28.6 Å². The maximum Gasteiger partial charge on any atom is 0.417 e. The van der Waals surface area contributed by atoms with Gasteiger partial charge in [-0.3, -0.25) is 4.79 Å². The maximum absolute atomic E-state index is 13.0. The number of thiophene rings is 2. The molecule has 0 aliphatic carbocycles. The standard InChI is InChI=1S/C18H14F3NOS2/c19-18(20,21)15-4-2-1-3-14(15)17(23)22-9-7-13-5-6-16(25-13)12-8-10-24-11-12/h1-6,8,10-11H,7,9H2,(H,22,23). The summed E-state index contributed by atoms with van der Waals surface area (Å²) in [6, 6.07) is 10.8. The van der Waals surface area contributed by atoms with Crippen LogP contribution in [0.25, 0.3) is 10.4 Å². The van der Waals surface area contributed by atoms with Crippen molar-refractivity contribution in [1.29, 1.82) is 0 Å². The van der Waals surface area contributed by atoms with E-state index < -0.39 is 17.6 Å². The van der Waals surface area contributed by atoms with Crippen LogP contribution in [0.3, 0.4) is 0 Å². The third kappa shape index (κ3) is 4.29. The highest BCUT2D eigenvalue weighted by molar-refractivity contribution is 7.16. The summed E-state index contributed by atoms with van der Waals surface area (Å²) in [4.78, 5) is 14.3. The van der Waals surface area contributed by atoms with Crippen LogP contribution in [0, 0.1) is 0 Å². The zero-order chi connectivity index (χ0) is 17.9. The number of rotatable bonds is 5. The van der Waals surface area contributed by atoms with E-state index >= 15 is 0 Å². The van der Waals surface area contributed by atoms with Crippen molar-refractivity contribution in [2.45, 2.75) is 12.6 Å². The predicted octanol–water partition coefficient (Wildman–Crippen LogP) is 5.47. The van der Waals surface area contributed by atoms with Crippen LogP contribution in [-0.2, 0) is 12.6 Å². The summed E-state index contributed by atoms with van der Waals surface area (Å²) in [6.45, 7) is 0.286. The Hall–Kier alpha value is -2.12. The number of amides is 1. The summed E-state index contributed by atoms with van der Waals surface area (Å²) >= 11 is 3.24. The number of hydrogen-bond acceptors (Lipinski definition) is 3. The first kappa shape index (κ1) is 17.7. The number of halogens is 3. The lowest BCUT2D eigenvalue weighted by Crippen LogP contribution is -2.28. The number of benzene rings is 1. The summed E-state index contributed by atoms with van der Waals surface area (Å²) < 4.78 is 38.9. The second-order valence-electron chi connectivity index (χ2n) is 5.33. The fraction of sp³-hybridized carbons (Fsp3) is 0.167. The van der Waals surface area contributed by atoms with Gasteiger partial charge in [0.2, 0.25) is 0 Å². The van der Waals surface area contributed by atoms with Crippen molar-refractivity contribution in [2.75, 3.05) is 6.54 Å². The number of nitrogens with one attached hydrogen (secondary N) is 1. The fourth-order valence-electron chi connectivity index (χ4n) is 2.39. The molecule has 1 amide bonds. The summed E-state index contributed by atoms with van der Waals surface area (Å²) in [7, 11) is 0. The average Bonchev–Trinajstić information content (AvgIpc) is 3.25. The first-order valence-electron chi connectivity index (χ1n) is 7.51. The van der Waals surface area contributed by atoms with E-state index in [1.807, 2.05) is 23.6 Å². The highest BCUT2D eigenvalue weighted by Gasteiger charge is 2.34. The minimum Gasteiger partial charge on any atom is -0.352 e. The van der Waals surface area contributed by atoms with Gasteiger partial charge in [0, 0.05) is 21.9 Å². The molecule has 0 bridgehead atoms. The molecule has 0 saturated carbocycles. The highest BCUT2D eigenvalue weighted by Crippen LogP contribution is 2.32. The molecule has 0 atom stereocenters. The number of alkyl halides is 3. The normalized spacial score (nSPS) is 11.5. The van der Waals surface area contributed by atoms with Crippen molar-refractivity contribution in [2.24, 2.45) is 0 Å². The first-order valence-corrected chi connectivity index (χ1v) is 9.27. The molecule has 0 aliphatic rings. The average molecular weight is 381 g/mol. The second-order valence-corrected chi connectivity index (χ2v) is 7.28. The van der Waals surface area contributed by atoms with Crippen molar-refractivity contribution in [3.05, 3.63) is 69.2 Å².